The van der Waals surface area contributed by atoms with E-state index in [0.29, 0.717) is 51.1 Å². The lowest BCUT2D eigenvalue weighted by Gasteiger charge is -2.35. The third-order valence-electron chi connectivity index (χ3n) is 5.79. The molecule has 31 heavy (non-hydrogen) atoms. The minimum atomic E-state index is -0.381. The molecule has 1 amide bonds. The number of nitrogens with zero attached hydrogens (tertiary/aromatic N) is 7. The lowest BCUT2D eigenvalue weighted by Crippen LogP contribution is -2.49. The maximum absolute atomic E-state index is 12.7. The maximum Gasteiger partial charge on any atom is 0.419 e. The molecule has 3 aromatic heterocycles. The number of carbonyl (C=O) groups is 1. The Bertz CT molecular complexity index is 1300. The van der Waals surface area contributed by atoms with Gasteiger partial charge in [-0.15, -0.1) is 0 Å². The highest BCUT2D eigenvalue weighted by Crippen LogP contribution is 2.23. The number of benzene rings is 1. The van der Waals surface area contributed by atoms with Gasteiger partial charge in [0.2, 0.25) is 5.91 Å². The van der Waals surface area contributed by atoms with E-state index in [2.05, 4.69) is 20.0 Å². The van der Waals surface area contributed by atoms with E-state index in [9.17, 15) is 9.59 Å². The first kappa shape index (κ1) is 19.3. The van der Waals surface area contributed by atoms with Crippen LogP contribution in [0, 0.1) is 0 Å². The molecule has 10 heteroatoms. The Kier molecular flexibility index (Phi) is 4.89. The minimum absolute atomic E-state index is 0.106. The van der Waals surface area contributed by atoms with Crippen LogP contribution in [0.2, 0.25) is 0 Å². The highest BCUT2D eigenvalue weighted by Gasteiger charge is 2.23. The van der Waals surface area contributed by atoms with Crippen LogP contribution in [0.5, 0.6) is 0 Å². The van der Waals surface area contributed by atoms with E-state index in [1.807, 2.05) is 30.1 Å². The third kappa shape index (κ3) is 3.54. The van der Waals surface area contributed by atoms with E-state index in [-0.39, 0.29) is 11.7 Å². The van der Waals surface area contributed by atoms with Gasteiger partial charge in [-0.3, -0.25) is 14.0 Å². The first-order valence-electron chi connectivity index (χ1n) is 10.4. The van der Waals surface area contributed by atoms with E-state index in [1.54, 1.807) is 27.8 Å². The Morgan fingerprint density at radius 1 is 1.13 bits per heavy atom. The molecule has 0 spiro atoms. The van der Waals surface area contributed by atoms with Crippen LogP contribution in [0.1, 0.15) is 12.8 Å². The number of hydrogen-bond acceptors (Lipinski definition) is 7. The Labute approximate surface area is 177 Å². The standard InChI is InChI=1S/C21H23N7O3/c1-25-19-15(13-24-25)20(23-14-22-19)27-11-9-26(10-12-27)18(29)7-4-8-28-16-5-2-3-6-17(16)31-21(28)30/h2-3,5-6,13-14H,4,7-12H2,1H3. The molecule has 0 atom stereocenters. The van der Waals surface area contributed by atoms with Crippen molar-refractivity contribution >= 4 is 33.9 Å². The number of carbonyl (C=O) groups excluding carboxylic acids is 1. The summed E-state index contributed by atoms with van der Waals surface area (Å²) in [6.07, 6.45) is 4.32. The average Bonchev–Trinajstić information content (AvgIpc) is 3.33. The molecule has 1 aliphatic heterocycles. The van der Waals surface area contributed by atoms with E-state index in [4.69, 9.17) is 4.42 Å². The van der Waals surface area contributed by atoms with E-state index < -0.39 is 0 Å². The normalized spacial score (nSPS) is 14.6. The van der Waals surface area contributed by atoms with Crippen molar-refractivity contribution in [3.8, 4) is 0 Å². The number of rotatable bonds is 5. The lowest BCUT2D eigenvalue weighted by molar-refractivity contribution is -0.131. The van der Waals surface area contributed by atoms with Gasteiger partial charge in [-0.05, 0) is 18.6 Å². The summed E-state index contributed by atoms with van der Waals surface area (Å²) in [6.45, 7) is 3.15. The summed E-state index contributed by atoms with van der Waals surface area (Å²) in [5.41, 5.74) is 2.13. The first-order valence-corrected chi connectivity index (χ1v) is 10.4. The van der Waals surface area contributed by atoms with Crippen molar-refractivity contribution in [1.29, 1.82) is 0 Å². The van der Waals surface area contributed by atoms with E-state index >= 15 is 0 Å². The fourth-order valence-corrected chi connectivity index (χ4v) is 4.14. The van der Waals surface area contributed by atoms with E-state index in [0.717, 1.165) is 22.4 Å². The molecule has 1 saturated heterocycles. The van der Waals surface area contributed by atoms with Gasteiger partial charge in [0.05, 0.1) is 17.1 Å². The highest BCUT2D eigenvalue weighted by molar-refractivity contribution is 5.86. The molecule has 4 heterocycles. The van der Waals surface area contributed by atoms with Crippen LogP contribution in [0.15, 0.2) is 46.0 Å². The summed E-state index contributed by atoms with van der Waals surface area (Å²) in [5.74, 6) is 0.583. The number of hydrogen-bond donors (Lipinski definition) is 0. The van der Waals surface area contributed by atoms with Gasteiger partial charge in [0.1, 0.15) is 12.1 Å². The predicted molar refractivity (Wildman–Crippen MR) is 115 cm³/mol. The molecular weight excluding hydrogens is 398 g/mol. The van der Waals surface area contributed by atoms with Gasteiger partial charge >= 0.3 is 5.76 Å². The topological polar surface area (TPSA) is 102 Å². The number of piperazine rings is 1. The highest BCUT2D eigenvalue weighted by atomic mass is 16.4. The molecule has 0 aliphatic carbocycles. The third-order valence-corrected chi connectivity index (χ3v) is 5.79. The van der Waals surface area contributed by atoms with Gasteiger partial charge in [0.25, 0.3) is 0 Å². The molecule has 0 bridgehead atoms. The number of anilines is 1. The summed E-state index contributed by atoms with van der Waals surface area (Å²) in [6, 6.07) is 7.33. The molecule has 160 valence electrons. The van der Waals surface area contributed by atoms with Crippen molar-refractivity contribution < 1.29 is 9.21 Å². The van der Waals surface area contributed by atoms with Crippen molar-refractivity contribution in [2.75, 3.05) is 31.1 Å². The molecule has 1 aromatic carbocycles. The minimum Gasteiger partial charge on any atom is -0.408 e. The summed E-state index contributed by atoms with van der Waals surface area (Å²) in [4.78, 5) is 37.5. The SMILES string of the molecule is Cn1ncc2c(N3CCN(C(=O)CCCn4c(=O)oc5ccccc54)CC3)ncnc21. The summed E-state index contributed by atoms with van der Waals surface area (Å²) in [5, 5.41) is 5.19. The quantitative estimate of drug-likeness (QED) is 0.480. The Morgan fingerprint density at radius 3 is 2.77 bits per heavy atom. The van der Waals surface area contributed by atoms with Gasteiger partial charge < -0.3 is 14.2 Å². The van der Waals surface area contributed by atoms with Gasteiger partial charge in [0, 0.05) is 46.2 Å². The molecule has 1 aliphatic rings. The Hall–Kier alpha value is -3.69. The number of aromatic nitrogens is 5. The van der Waals surface area contributed by atoms with Crippen molar-refractivity contribution in [1.82, 2.24) is 29.2 Å². The molecule has 5 rings (SSSR count). The molecule has 10 nitrogen and oxygen atoms in total. The average molecular weight is 421 g/mol. The van der Waals surface area contributed by atoms with Crippen LogP contribution < -0.4 is 10.7 Å². The van der Waals surface area contributed by atoms with Crippen molar-refractivity contribution in [2.24, 2.45) is 7.05 Å². The Balaban J connectivity index is 1.18. The zero-order valence-corrected chi connectivity index (χ0v) is 17.3. The number of amides is 1. The van der Waals surface area contributed by atoms with Crippen LogP contribution in [0.3, 0.4) is 0 Å². The smallest absolute Gasteiger partial charge is 0.408 e. The largest absolute Gasteiger partial charge is 0.419 e. The summed E-state index contributed by atoms with van der Waals surface area (Å²) < 4.78 is 8.57. The summed E-state index contributed by atoms with van der Waals surface area (Å²) >= 11 is 0. The van der Waals surface area contributed by atoms with Gasteiger partial charge in [-0.25, -0.2) is 14.8 Å². The molecule has 0 N–H and O–H groups in total. The zero-order valence-electron chi connectivity index (χ0n) is 17.3. The fraction of sp³-hybridized carbons (Fsp3) is 0.381. The number of oxazole rings is 1. The van der Waals surface area contributed by atoms with Crippen LogP contribution in [-0.2, 0) is 18.4 Å². The van der Waals surface area contributed by atoms with Crippen LogP contribution in [0.4, 0.5) is 5.82 Å². The molecule has 4 aromatic rings. The number of fused-ring (bicyclic) bond motifs is 2. The maximum atomic E-state index is 12.7. The number of para-hydroxylation sites is 2. The van der Waals surface area contributed by atoms with Crippen LogP contribution in [0.25, 0.3) is 22.1 Å². The van der Waals surface area contributed by atoms with E-state index in [1.165, 1.54) is 0 Å². The van der Waals surface area contributed by atoms with Gasteiger partial charge in [-0.2, -0.15) is 5.10 Å². The molecular formula is C21H23N7O3. The lowest BCUT2D eigenvalue weighted by atomic mass is 10.2. The van der Waals surface area contributed by atoms with Crippen molar-refractivity contribution in [2.45, 2.75) is 19.4 Å². The molecule has 0 unspecified atom stereocenters. The van der Waals surface area contributed by atoms with Gasteiger partial charge in [-0.1, -0.05) is 12.1 Å². The van der Waals surface area contributed by atoms with Crippen LogP contribution in [-0.4, -0.2) is 61.3 Å². The zero-order chi connectivity index (χ0) is 21.4. The second kappa shape index (κ2) is 7.86. The Morgan fingerprint density at radius 2 is 1.94 bits per heavy atom. The molecule has 0 saturated carbocycles. The predicted octanol–water partition coefficient (Wildman–Crippen LogP) is 1.40. The van der Waals surface area contributed by atoms with Gasteiger partial charge in [0.15, 0.2) is 11.2 Å². The molecule has 1 fully saturated rings. The summed E-state index contributed by atoms with van der Waals surface area (Å²) in [7, 11) is 1.86. The van der Waals surface area contributed by atoms with Crippen molar-refractivity contribution in [3.63, 3.8) is 0 Å². The second-order valence-corrected chi connectivity index (χ2v) is 7.66. The first-order chi connectivity index (χ1) is 15.1. The molecule has 0 radical (unpaired) electrons. The second-order valence-electron chi connectivity index (χ2n) is 7.66. The van der Waals surface area contributed by atoms with Crippen LogP contribution >= 0.6 is 0 Å². The number of aryl methyl sites for hydroxylation is 2. The monoisotopic (exact) mass is 421 g/mol. The fourth-order valence-electron chi connectivity index (χ4n) is 4.14. The van der Waals surface area contributed by atoms with Crippen molar-refractivity contribution in [3.05, 3.63) is 47.3 Å².